The number of amides is 1. The molecule has 1 aromatic heterocycles. The lowest BCUT2D eigenvalue weighted by atomic mass is 9.94. The van der Waals surface area contributed by atoms with Crippen molar-refractivity contribution in [3.8, 4) is 5.75 Å². The number of Topliss-reactive ketones (excluding diaryl/α,β-unsaturated/α-hetero) is 1. The number of nitrogens with zero attached hydrogens (tertiary/aromatic N) is 2. The number of hydrogen-bond acceptors (Lipinski definition) is 5. The van der Waals surface area contributed by atoms with E-state index in [1.165, 1.54) is 0 Å². The van der Waals surface area contributed by atoms with Crippen LogP contribution in [-0.4, -0.2) is 39.8 Å². The van der Waals surface area contributed by atoms with Crippen molar-refractivity contribution in [1.29, 1.82) is 0 Å². The number of benzene rings is 1. The molecule has 1 aliphatic rings. The van der Waals surface area contributed by atoms with E-state index in [0.29, 0.717) is 24.4 Å². The van der Waals surface area contributed by atoms with Crippen LogP contribution in [0.1, 0.15) is 75.7 Å². The molecule has 1 fully saturated rings. The van der Waals surface area contributed by atoms with Crippen LogP contribution in [0.4, 0.5) is 0 Å². The molecule has 0 aliphatic carbocycles. The number of ketones is 1. The Morgan fingerprint density at radius 2 is 1.94 bits per heavy atom. The van der Waals surface area contributed by atoms with Crippen LogP contribution in [0, 0.1) is 0 Å². The molecule has 1 aliphatic heterocycles. The number of aliphatic hydroxyl groups excluding tert-OH is 1. The molecule has 3 rings (SSSR count). The first kappa shape index (κ1) is 23.5. The highest BCUT2D eigenvalue weighted by atomic mass is 16.5. The molecule has 1 unspecified atom stereocenters. The second-order valence-corrected chi connectivity index (χ2v) is 8.29. The molecule has 1 atom stereocenters. The number of hydrogen-bond donors (Lipinski definition) is 1. The van der Waals surface area contributed by atoms with Crippen molar-refractivity contribution < 1.29 is 19.4 Å². The quantitative estimate of drug-likeness (QED) is 0.252. The Morgan fingerprint density at radius 3 is 2.56 bits per heavy atom. The summed E-state index contributed by atoms with van der Waals surface area (Å²) in [6.07, 6.45) is 4.37. The molecule has 0 bridgehead atoms. The minimum absolute atomic E-state index is 0.0871. The topological polar surface area (TPSA) is 79.7 Å². The van der Waals surface area contributed by atoms with Crippen LogP contribution in [-0.2, 0) is 9.59 Å². The molecule has 0 saturated carbocycles. The van der Waals surface area contributed by atoms with E-state index in [2.05, 4.69) is 11.9 Å². The van der Waals surface area contributed by atoms with Crippen molar-refractivity contribution in [1.82, 2.24) is 9.88 Å². The van der Waals surface area contributed by atoms with Crippen LogP contribution in [0.2, 0.25) is 0 Å². The van der Waals surface area contributed by atoms with Gasteiger partial charge < -0.3 is 14.7 Å². The fourth-order valence-corrected chi connectivity index (χ4v) is 4.08. The third kappa shape index (κ3) is 4.69. The van der Waals surface area contributed by atoms with E-state index < -0.39 is 17.7 Å². The average molecular weight is 437 g/mol. The molecule has 1 N–H and O–H groups in total. The summed E-state index contributed by atoms with van der Waals surface area (Å²) < 4.78 is 5.72. The smallest absolute Gasteiger partial charge is 0.295 e. The summed E-state index contributed by atoms with van der Waals surface area (Å²) in [5, 5.41) is 11.3. The van der Waals surface area contributed by atoms with Crippen molar-refractivity contribution in [2.75, 3.05) is 13.2 Å². The maximum atomic E-state index is 13.1. The Kier molecular flexibility index (Phi) is 7.67. The second kappa shape index (κ2) is 10.4. The first-order chi connectivity index (χ1) is 15.4. The Labute approximate surface area is 189 Å². The van der Waals surface area contributed by atoms with Gasteiger partial charge in [-0.2, -0.15) is 0 Å². The van der Waals surface area contributed by atoms with E-state index in [4.69, 9.17) is 4.74 Å². The molecule has 1 saturated heterocycles. The summed E-state index contributed by atoms with van der Waals surface area (Å²) in [4.78, 5) is 32.0. The third-order valence-electron chi connectivity index (χ3n) is 5.72. The average Bonchev–Trinajstić information content (AvgIpc) is 3.04. The van der Waals surface area contributed by atoms with E-state index in [-0.39, 0.29) is 17.3 Å². The van der Waals surface area contributed by atoms with E-state index in [9.17, 15) is 14.7 Å². The zero-order valence-electron chi connectivity index (χ0n) is 19.3. The summed E-state index contributed by atoms with van der Waals surface area (Å²) in [7, 11) is 0. The van der Waals surface area contributed by atoms with Gasteiger partial charge in [0.2, 0.25) is 0 Å². The Hall–Kier alpha value is -3.15. The molecule has 0 spiro atoms. The van der Waals surface area contributed by atoms with Crippen LogP contribution in [0.3, 0.4) is 0 Å². The monoisotopic (exact) mass is 436 g/mol. The predicted octanol–water partition coefficient (Wildman–Crippen LogP) is 5.22. The lowest BCUT2D eigenvalue weighted by molar-refractivity contribution is -0.140. The standard InChI is InChI=1S/C26H32N2O4/c1-5-7-10-15-28-23(20-11-8-9-14-27-20)22(25(30)26(28)31)24(29)18-12-13-21(32-6-2)19(16-18)17(3)4/h8-9,11-14,16-17,23,29H,5-7,10,15H2,1-4H3/b24-22-. The van der Waals surface area contributed by atoms with Gasteiger partial charge in [-0.15, -0.1) is 0 Å². The van der Waals surface area contributed by atoms with Gasteiger partial charge in [-0.3, -0.25) is 14.6 Å². The molecule has 2 heterocycles. The van der Waals surface area contributed by atoms with Crippen molar-refractivity contribution >= 4 is 17.4 Å². The van der Waals surface area contributed by atoms with Gasteiger partial charge >= 0.3 is 0 Å². The number of ether oxygens (including phenoxy) is 1. The van der Waals surface area contributed by atoms with Gasteiger partial charge in [0.25, 0.3) is 11.7 Å². The minimum atomic E-state index is -0.706. The van der Waals surface area contributed by atoms with E-state index in [0.717, 1.165) is 30.6 Å². The molecule has 1 aromatic carbocycles. The fraction of sp³-hybridized carbons (Fsp3) is 0.423. The predicted molar refractivity (Wildman–Crippen MR) is 124 cm³/mol. The van der Waals surface area contributed by atoms with Gasteiger partial charge in [0.05, 0.1) is 17.9 Å². The maximum absolute atomic E-state index is 13.1. The van der Waals surface area contributed by atoms with Crippen LogP contribution in [0.25, 0.3) is 5.76 Å². The van der Waals surface area contributed by atoms with Gasteiger partial charge in [0, 0.05) is 18.3 Å². The Balaban J connectivity index is 2.12. The molecular formula is C26H32N2O4. The normalized spacial score (nSPS) is 17.9. The molecule has 2 aromatic rings. The molecule has 170 valence electrons. The Morgan fingerprint density at radius 1 is 1.16 bits per heavy atom. The molecule has 1 amide bonds. The summed E-state index contributed by atoms with van der Waals surface area (Å²) in [5.41, 5.74) is 2.08. The first-order valence-electron chi connectivity index (χ1n) is 11.4. The highest BCUT2D eigenvalue weighted by molar-refractivity contribution is 6.46. The summed E-state index contributed by atoms with van der Waals surface area (Å²) >= 11 is 0. The fourth-order valence-electron chi connectivity index (χ4n) is 4.08. The number of unbranched alkanes of at least 4 members (excludes halogenated alkanes) is 2. The zero-order valence-corrected chi connectivity index (χ0v) is 19.3. The minimum Gasteiger partial charge on any atom is -0.507 e. The third-order valence-corrected chi connectivity index (χ3v) is 5.72. The van der Waals surface area contributed by atoms with Crippen LogP contribution in [0.5, 0.6) is 5.75 Å². The maximum Gasteiger partial charge on any atom is 0.295 e. The lowest BCUT2D eigenvalue weighted by Crippen LogP contribution is -2.31. The number of carbonyl (C=O) groups excluding carboxylic acids is 2. The van der Waals surface area contributed by atoms with Crippen molar-refractivity contribution in [3.05, 3.63) is 65.0 Å². The summed E-state index contributed by atoms with van der Waals surface area (Å²) in [6, 6.07) is 10.1. The summed E-state index contributed by atoms with van der Waals surface area (Å²) in [5.74, 6) is -0.530. The molecule has 6 heteroatoms. The number of pyridine rings is 1. The van der Waals surface area contributed by atoms with Gasteiger partial charge in [0.15, 0.2) is 0 Å². The number of aromatic nitrogens is 1. The molecule has 6 nitrogen and oxygen atoms in total. The van der Waals surface area contributed by atoms with Crippen molar-refractivity contribution in [3.63, 3.8) is 0 Å². The first-order valence-corrected chi connectivity index (χ1v) is 11.4. The van der Waals surface area contributed by atoms with Crippen molar-refractivity contribution in [2.24, 2.45) is 0 Å². The van der Waals surface area contributed by atoms with Gasteiger partial charge in [0.1, 0.15) is 17.6 Å². The highest BCUT2D eigenvalue weighted by Gasteiger charge is 2.46. The van der Waals surface area contributed by atoms with Crippen molar-refractivity contribution in [2.45, 2.75) is 58.9 Å². The van der Waals surface area contributed by atoms with Crippen LogP contribution >= 0.6 is 0 Å². The SMILES string of the molecule is CCCCCN1C(=O)C(=O)/C(=C(\O)c2ccc(OCC)c(C(C)C)c2)C1c1ccccn1. The van der Waals surface area contributed by atoms with E-state index in [1.54, 1.807) is 35.4 Å². The van der Waals surface area contributed by atoms with Crippen LogP contribution in [0.15, 0.2) is 48.2 Å². The number of carbonyl (C=O) groups is 2. The second-order valence-electron chi connectivity index (χ2n) is 8.29. The molecule has 0 radical (unpaired) electrons. The summed E-state index contributed by atoms with van der Waals surface area (Å²) in [6.45, 7) is 9.07. The highest BCUT2D eigenvalue weighted by Crippen LogP contribution is 2.39. The van der Waals surface area contributed by atoms with Gasteiger partial charge in [-0.05, 0) is 55.2 Å². The Bertz CT molecular complexity index is 998. The largest absolute Gasteiger partial charge is 0.507 e. The number of rotatable bonds is 9. The number of likely N-dealkylation sites (tertiary alicyclic amines) is 1. The molecular weight excluding hydrogens is 404 g/mol. The van der Waals surface area contributed by atoms with Crippen LogP contribution < -0.4 is 4.74 Å². The number of aliphatic hydroxyl groups is 1. The lowest BCUT2D eigenvalue weighted by Gasteiger charge is -2.24. The zero-order chi connectivity index (χ0) is 23.3. The molecule has 32 heavy (non-hydrogen) atoms. The van der Waals surface area contributed by atoms with Gasteiger partial charge in [-0.25, -0.2) is 0 Å². The van der Waals surface area contributed by atoms with E-state index >= 15 is 0 Å². The van der Waals surface area contributed by atoms with Gasteiger partial charge in [-0.1, -0.05) is 39.7 Å². The van der Waals surface area contributed by atoms with E-state index in [1.807, 2.05) is 32.9 Å².